The summed E-state index contributed by atoms with van der Waals surface area (Å²) in [5.74, 6) is 1.95. The van der Waals surface area contributed by atoms with Crippen molar-refractivity contribution in [3.05, 3.63) is 30.2 Å². The van der Waals surface area contributed by atoms with Crippen molar-refractivity contribution in [1.29, 1.82) is 0 Å². The maximum atomic E-state index is 9.54. The van der Waals surface area contributed by atoms with Crippen molar-refractivity contribution in [3.63, 3.8) is 0 Å². The Morgan fingerprint density at radius 1 is 1.30 bits per heavy atom. The summed E-state index contributed by atoms with van der Waals surface area (Å²) in [6.45, 7) is 5.00. The molecule has 23 heavy (non-hydrogen) atoms. The monoisotopic (exact) mass is 317 g/mol. The lowest BCUT2D eigenvalue weighted by atomic mass is 10.2. The van der Waals surface area contributed by atoms with Gasteiger partial charge in [0.2, 0.25) is 11.8 Å². The van der Waals surface area contributed by atoms with Crippen molar-refractivity contribution in [2.45, 2.75) is 38.8 Å². The molecule has 0 radical (unpaired) electrons. The minimum atomic E-state index is -0.238. The molecule has 1 saturated heterocycles. The molecule has 1 fully saturated rings. The van der Waals surface area contributed by atoms with Crippen LogP contribution in [0.2, 0.25) is 0 Å². The molecule has 1 aromatic carbocycles. The van der Waals surface area contributed by atoms with Crippen molar-refractivity contribution in [1.82, 2.24) is 15.1 Å². The molecule has 0 unspecified atom stereocenters. The normalized spacial score (nSPS) is 18.4. The van der Waals surface area contributed by atoms with E-state index in [1.807, 2.05) is 24.3 Å². The lowest BCUT2D eigenvalue weighted by Gasteiger charge is -2.10. The second-order valence-corrected chi connectivity index (χ2v) is 5.90. The van der Waals surface area contributed by atoms with Crippen molar-refractivity contribution in [2.75, 3.05) is 19.7 Å². The van der Waals surface area contributed by atoms with Gasteiger partial charge in [0.25, 0.3) is 0 Å². The number of aliphatic hydroxyl groups is 1. The van der Waals surface area contributed by atoms with Crippen molar-refractivity contribution in [3.8, 4) is 17.2 Å². The van der Waals surface area contributed by atoms with Crippen LogP contribution < -0.4 is 4.74 Å². The highest BCUT2D eigenvalue weighted by atomic mass is 16.5. The van der Waals surface area contributed by atoms with E-state index in [2.05, 4.69) is 22.0 Å². The Morgan fingerprint density at radius 3 is 2.83 bits per heavy atom. The Balaban J connectivity index is 1.59. The standard InChI is InChI=1S/C17H23N3O3/c1-2-3-10-22-15-6-4-13(5-7-15)17-19-18-16(23-17)12-20-9-8-14(21)11-20/h4-7,14,21H,2-3,8-12H2,1H3/t14-/m0/s1. The highest BCUT2D eigenvalue weighted by Gasteiger charge is 2.22. The van der Waals surface area contributed by atoms with E-state index in [1.165, 1.54) is 0 Å². The number of benzene rings is 1. The van der Waals surface area contributed by atoms with Crippen LogP contribution >= 0.6 is 0 Å². The molecule has 3 rings (SSSR count). The molecule has 0 amide bonds. The number of ether oxygens (including phenoxy) is 1. The molecular formula is C17H23N3O3. The first kappa shape index (κ1) is 16.0. The molecule has 6 heteroatoms. The highest BCUT2D eigenvalue weighted by molar-refractivity contribution is 5.53. The first-order valence-corrected chi connectivity index (χ1v) is 8.20. The van der Waals surface area contributed by atoms with Crippen LogP contribution in [0, 0.1) is 0 Å². The third-order valence-corrected chi connectivity index (χ3v) is 3.94. The summed E-state index contributed by atoms with van der Waals surface area (Å²) in [6.07, 6.45) is 2.75. The number of likely N-dealkylation sites (tertiary alicyclic amines) is 1. The summed E-state index contributed by atoms with van der Waals surface area (Å²) in [6, 6.07) is 7.70. The van der Waals surface area contributed by atoms with Crippen molar-refractivity contribution in [2.24, 2.45) is 0 Å². The fourth-order valence-electron chi connectivity index (χ4n) is 2.61. The molecule has 1 atom stereocenters. The molecule has 2 aromatic rings. The van der Waals surface area contributed by atoms with Gasteiger partial charge in [-0.2, -0.15) is 0 Å². The Kier molecular flexibility index (Phi) is 5.25. The van der Waals surface area contributed by atoms with Crippen LogP contribution in [0.4, 0.5) is 0 Å². The summed E-state index contributed by atoms with van der Waals surface area (Å²) >= 11 is 0. The van der Waals surface area contributed by atoms with Gasteiger partial charge in [0.05, 0.1) is 19.3 Å². The first-order valence-electron chi connectivity index (χ1n) is 8.20. The molecule has 6 nitrogen and oxygen atoms in total. The summed E-state index contributed by atoms with van der Waals surface area (Å²) < 4.78 is 11.4. The average Bonchev–Trinajstić information content (AvgIpc) is 3.18. The summed E-state index contributed by atoms with van der Waals surface area (Å²) in [7, 11) is 0. The molecule has 1 aliphatic rings. The fourth-order valence-corrected chi connectivity index (χ4v) is 2.61. The Hall–Kier alpha value is -1.92. The Labute approximate surface area is 136 Å². The largest absolute Gasteiger partial charge is 0.494 e. The van der Waals surface area contributed by atoms with E-state index in [0.29, 0.717) is 24.9 Å². The molecule has 124 valence electrons. The van der Waals surface area contributed by atoms with Gasteiger partial charge in [-0.25, -0.2) is 0 Å². The SMILES string of the molecule is CCCCOc1ccc(-c2nnc(CN3CC[C@H](O)C3)o2)cc1. The molecule has 1 aliphatic heterocycles. The van der Waals surface area contributed by atoms with E-state index in [0.717, 1.165) is 43.7 Å². The number of hydrogen-bond acceptors (Lipinski definition) is 6. The van der Waals surface area contributed by atoms with Crippen LogP contribution in [-0.4, -0.2) is 46.0 Å². The molecule has 1 aromatic heterocycles. The predicted molar refractivity (Wildman–Crippen MR) is 86.0 cm³/mol. The quantitative estimate of drug-likeness (QED) is 0.791. The molecular weight excluding hydrogens is 294 g/mol. The average molecular weight is 317 g/mol. The fraction of sp³-hybridized carbons (Fsp3) is 0.529. The number of nitrogens with zero attached hydrogens (tertiary/aromatic N) is 3. The van der Waals surface area contributed by atoms with E-state index in [4.69, 9.17) is 9.15 Å². The third-order valence-electron chi connectivity index (χ3n) is 3.94. The number of aromatic nitrogens is 2. The minimum Gasteiger partial charge on any atom is -0.494 e. The van der Waals surface area contributed by atoms with Crippen molar-refractivity contribution >= 4 is 0 Å². The summed E-state index contributed by atoms with van der Waals surface area (Å²) in [5, 5.41) is 17.7. The van der Waals surface area contributed by atoms with Gasteiger partial charge >= 0.3 is 0 Å². The number of β-amino-alcohol motifs (C(OH)–C–C–N with tert-alkyl or cyclic N) is 1. The molecule has 1 N–H and O–H groups in total. The minimum absolute atomic E-state index is 0.238. The van der Waals surface area contributed by atoms with Gasteiger partial charge in [0.1, 0.15) is 5.75 Å². The lowest BCUT2D eigenvalue weighted by molar-refractivity contribution is 0.171. The zero-order valence-electron chi connectivity index (χ0n) is 13.4. The molecule has 0 saturated carbocycles. The molecule has 2 heterocycles. The van der Waals surface area contributed by atoms with Crippen LogP contribution in [0.5, 0.6) is 5.75 Å². The van der Waals surface area contributed by atoms with E-state index < -0.39 is 0 Å². The second kappa shape index (κ2) is 7.57. The van der Waals surface area contributed by atoms with E-state index >= 15 is 0 Å². The number of hydrogen-bond donors (Lipinski definition) is 1. The van der Waals surface area contributed by atoms with Crippen LogP contribution in [0.25, 0.3) is 11.5 Å². The van der Waals surface area contributed by atoms with Gasteiger partial charge in [-0.05, 0) is 37.1 Å². The Bertz CT molecular complexity index is 612. The molecule has 0 spiro atoms. The first-order chi connectivity index (χ1) is 11.2. The topological polar surface area (TPSA) is 71.6 Å². The van der Waals surface area contributed by atoms with Crippen molar-refractivity contribution < 1.29 is 14.3 Å². The van der Waals surface area contributed by atoms with Gasteiger partial charge in [-0.1, -0.05) is 13.3 Å². The number of unbranched alkanes of at least 4 members (excludes halogenated alkanes) is 1. The molecule has 0 bridgehead atoms. The summed E-state index contributed by atoms with van der Waals surface area (Å²) in [5.41, 5.74) is 0.882. The van der Waals surface area contributed by atoms with Gasteiger partial charge in [0, 0.05) is 18.7 Å². The zero-order valence-corrected chi connectivity index (χ0v) is 13.4. The van der Waals surface area contributed by atoms with Gasteiger partial charge in [-0.15, -0.1) is 10.2 Å². The highest BCUT2D eigenvalue weighted by Crippen LogP contribution is 2.22. The van der Waals surface area contributed by atoms with Crippen LogP contribution in [0.1, 0.15) is 32.1 Å². The zero-order chi connectivity index (χ0) is 16.1. The maximum Gasteiger partial charge on any atom is 0.247 e. The van der Waals surface area contributed by atoms with E-state index in [9.17, 15) is 5.11 Å². The van der Waals surface area contributed by atoms with E-state index in [-0.39, 0.29) is 6.10 Å². The van der Waals surface area contributed by atoms with Crippen LogP contribution in [-0.2, 0) is 6.54 Å². The predicted octanol–water partition coefficient (Wildman–Crippen LogP) is 2.48. The van der Waals surface area contributed by atoms with E-state index in [1.54, 1.807) is 0 Å². The maximum absolute atomic E-state index is 9.54. The van der Waals surface area contributed by atoms with Gasteiger partial charge in [-0.3, -0.25) is 4.90 Å². The lowest BCUT2D eigenvalue weighted by Crippen LogP contribution is -2.21. The molecule has 0 aliphatic carbocycles. The van der Waals surface area contributed by atoms with Crippen LogP contribution in [0.3, 0.4) is 0 Å². The summed E-state index contributed by atoms with van der Waals surface area (Å²) in [4.78, 5) is 2.12. The second-order valence-electron chi connectivity index (χ2n) is 5.90. The number of aliphatic hydroxyl groups excluding tert-OH is 1. The Morgan fingerprint density at radius 2 is 2.13 bits per heavy atom. The van der Waals surface area contributed by atoms with Gasteiger partial charge in [0.15, 0.2) is 0 Å². The van der Waals surface area contributed by atoms with Gasteiger partial charge < -0.3 is 14.3 Å². The smallest absolute Gasteiger partial charge is 0.247 e. The van der Waals surface area contributed by atoms with Crippen LogP contribution in [0.15, 0.2) is 28.7 Å². The third kappa shape index (κ3) is 4.30. The number of rotatable bonds is 7.